The van der Waals surface area contributed by atoms with E-state index in [0.717, 1.165) is 17.7 Å². The predicted octanol–water partition coefficient (Wildman–Crippen LogP) is 1.15. The van der Waals surface area contributed by atoms with Gasteiger partial charge in [-0.05, 0) is 44.7 Å². The van der Waals surface area contributed by atoms with Crippen LogP contribution < -0.4 is 10.6 Å². The SMILES string of the molecule is C[C@@H](OC(=O)CN1C(=O)N[C@@](C)(C2CC2)C1=O)C(=O)Nc1ccccc1C#N. The molecule has 9 heteroatoms. The second kappa shape index (κ2) is 7.31. The van der Waals surface area contributed by atoms with Crippen LogP contribution in [0.3, 0.4) is 0 Å². The zero-order chi connectivity index (χ0) is 20.5. The largest absolute Gasteiger partial charge is 0.451 e. The monoisotopic (exact) mass is 384 g/mol. The molecule has 0 bridgehead atoms. The maximum absolute atomic E-state index is 12.5. The van der Waals surface area contributed by atoms with Gasteiger partial charge in [0.15, 0.2) is 6.10 Å². The van der Waals surface area contributed by atoms with E-state index in [9.17, 15) is 19.2 Å². The summed E-state index contributed by atoms with van der Waals surface area (Å²) in [5, 5.41) is 14.2. The molecule has 2 N–H and O–H groups in total. The highest BCUT2D eigenvalue weighted by Gasteiger charge is 2.56. The predicted molar refractivity (Wildman–Crippen MR) is 96.7 cm³/mol. The van der Waals surface area contributed by atoms with Gasteiger partial charge < -0.3 is 15.4 Å². The number of imide groups is 1. The zero-order valence-corrected chi connectivity index (χ0v) is 15.5. The van der Waals surface area contributed by atoms with Crippen molar-refractivity contribution >= 4 is 29.5 Å². The Morgan fingerprint density at radius 2 is 2.07 bits per heavy atom. The topological polar surface area (TPSA) is 129 Å². The number of para-hydroxylation sites is 1. The zero-order valence-electron chi connectivity index (χ0n) is 15.5. The molecule has 1 aromatic rings. The van der Waals surface area contributed by atoms with Crippen molar-refractivity contribution in [2.45, 2.75) is 38.3 Å². The number of ether oxygens (including phenoxy) is 1. The highest BCUT2D eigenvalue weighted by molar-refractivity contribution is 6.09. The van der Waals surface area contributed by atoms with Crippen LogP contribution in [0.2, 0.25) is 0 Å². The molecule has 1 saturated heterocycles. The van der Waals surface area contributed by atoms with Gasteiger partial charge in [-0.25, -0.2) is 4.79 Å². The number of amides is 4. The molecule has 9 nitrogen and oxygen atoms in total. The number of rotatable bonds is 6. The number of carbonyl (C=O) groups is 4. The number of carbonyl (C=O) groups excluding carboxylic acids is 4. The molecule has 1 saturated carbocycles. The van der Waals surface area contributed by atoms with Crippen molar-refractivity contribution in [1.29, 1.82) is 5.26 Å². The van der Waals surface area contributed by atoms with Crippen molar-refractivity contribution < 1.29 is 23.9 Å². The van der Waals surface area contributed by atoms with Gasteiger partial charge in [-0.2, -0.15) is 5.26 Å². The molecule has 4 amide bonds. The first-order chi connectivity index (χ1) is 13.3. The standard InChI is InChI=1S/C19H20N4O5/c1-11(16(25)21-14-6-4-3-5-12(14)9-20)28-15(24)10-23-17(26)19(2,13-7-8-13)22-18(23)27/h3-6,11,13H,7-8,10H2,1-2H3,(H,21,25)(H,22,27)/t11-,19+/m1/s1. The van der Waals surface area contributed by atoms with Crippen LogP contribution in [0.5, 0.6) is 0 Å². The van der Waals surface area contributed by atoms with Crippen LogP contribution in [0.15, 0.2) is 24.3 Å². The summed E-state index contributed by atoms with van der Waals surface area (Å²) in [5.41, 5.74) is -0.415. The normalized spacial score (nSPS) is 22.2. The fourth-order valence-electron chi connectivity index (χ4n) is 3.14. The smallest absolute Gasteiger partial charge is 0.327 e. The van der Waals surface area contributed by atoms with Gasteiger partial charge in [0.1, 0.15) is 18.2 Å². The Balaban J connectivity index is 1.57. The van der Waals surface area contributed by atoms with Crippen molar-refractivity contribution in [3.63, 3.8) is 0 Å². The van der Waals surface area contributed by atoms with E-state index in [2.05, 4.69) is 10.6 Å². The molecule has 1 aliphatic carbocycles. The van der Waals surface area contributed by atoms with Crippen LogP contribution >= 0.6 is 0 Å². The molecule has 1 heterocycles. The highest BCUT2D eigenvalue weighted by Crippen LogP contribution is 2.42. The van der Waals surface area contributed by atoms with Crippen LogP contribution in [-0.4, -0.2) is 46.9 Å². The quantitative estimate of drug-likeness (QED) is 0.559. The molecule has 1 aliphatic heterocycles. The summed E-state index contributed by atoms with van der Waals surface area (Å²) < 4.78 is 5.05. The molecule has 28 heavy (non-hydrogen) atoms. The lowest BCUT2D eigenvalue weighted by Gasteiger charge is -2.21. The third kappa shape index (κ3) is 3.67. The Bertz CT molecular complexity index is 889. The maximum Gasteiger partial charge on any atom is 0.327 e. The van der Waals surface area contributed by atoms with Crippen LogP contribution in [0.4, 0.5) is 10.5 Å². The first-order valence-corrected chi connectivity index (χ1v) is 8.90. The van der Waals surface area contributed by atoms with E-state index in [1.54, 1.807) is 31.2 Å². The third-order valence-electron chi connectivity index (χ3n) is 4.97. The molecule has 0 radical (unpaired) electrons. The minimum absolute atomic E-state index is 0.0786. The summed E-state index contributed by atoms with van der Waals surface area (Å²) in [7, 11) is 0. The summed E-state index contributed by atoms with van der Waals surface area (Å²) in [6.07, 6.45) is 0.527. The summed E-state index contributed by atoms with van der Waals surface area (Å²) in [6.45, 7) is 2.45. The van der Waals surface area contributed by atoms with E-state index in [1.165, 1.54) is 6.92 Å². The van der Waals surface area contributed by atoms with Crippen LogP contribution in [-0.2, 0) is 19.1 Å². The fourth-order valence-corrected chi connectivity index (χ4v) is 3.14. The number of anilines is 1. The van der Waals surface area contributed by atoms with Crippen molar-refractivity contribution in [2.24, 2.45) is 5.92 Å². The molecule has 2 aliphatic rings. The molecule has 0 spiro atoms. The van der Waals surface area contributed by atoms with Crippen molar-refractivity contribution in [1.82, 2.24) is 10.2 Å². The second-order valence-corrected chi connectivity index (χ2v) is 7.08. The van der Waals surface area contributed by atoms with Gasteiger partial charge in [-0.15, -0.1) is 0 Å². The number of urea groups is 1. The van der Waals surface area contributed by atoms with E-state index in [-0.39, 0.29) is 11.5 Å². The van der Waals surface area contributed by atoms with Gasteiger partial charge in [0.2, 0.25) is 0 Å². The molecule has 0 unspecified atom stereocenters. The lowest BCUT2D eigenvalue weighted by atomic mass is 9.96. The molecular weight excluding hydrogens is 364 g/mol. The summed E-state index contributed by atoms with van der Waals surface area (Å²) in [4.78, 5) is 49.8. The number of nitrogens with zero attached hydrogens (tertiary/aromatic N) is 2. The summed E-state index contributed by atoms with van der Waals surface area (Å²) >= 11 is 0. The minimum atomic E-state index is -1.17. The van der Waals surface area contributed by atoms with E-state index in [0.29, 0.717) is 5.69 Å². The molecule has 0 aromatic heterocycles. The molecule has 2 atom stereocenters. The summed E-state index contributed by atoms with van der Waals surface area (Å²) in [5.74, 6) is -1.89. The van der Waals surface area contributed by atoms with Crippen LogP contribution in [0.25, 0.3) is 0 Å². The van der Waals surface area contributed by atoms with Gasteiger partial charge in [0.25, 0.3) is 11.8 Å². The van der Waals surface area contributed by atoms with E-state index < -0.39 is 42.0 Å². The number of esters is 1. The molecular formula is C19H20N4O5. The van der Waals surface area contributed by atoms with E-state index >= 15 is 0 Å². The van der Waals surface area contributed by atoms with Gasteiger partial charge in [-0.3, -0.25) is 19.3 Å². The van der Waals surface area contributed by atoms with Crippen LogP contribution in [0.1, 0.15) is 32.3 Å². The van der Waals surface area contributed by atoms with Crippen molar-refractivity contribution in [2.75, 3.05) is 11.9 Å². The number of benzene rings is 1. The van der Waals surface area contributed by atoms with E-state index in [1.807, 2.05) is 6.07 Å². The average molecular weight is 384 g/mol. The Hall–Kier alpha value is -3.41. The van der Waals surface area contributed by atoms with Gasteiger partial charge in [-0.1, -0.05) is 12.1 Å². The summed E-state index contributed by atoms with van der Waals surface area (Å²) in [6, 6.07) is 7.71. The third-order valence-corrected chi connectivity index (χ3v) is 4.97. The maximum atomic E-state index is 12.5. The van der Waals surface area contributed by atoms with Crippen molar-refractivity contribution in [3.8, 4) is 6.07 Å². The number of hydrogen-bond acceptors (Lipinski definition) is 6. The lowest BCUT2D eigenvalue weighted by Crippen LogP contribution is -2.46. The Morgan fingerprint density at radius 3 is 2.71 bits per heavy atom. The molecule has 2 fully saturated rings. The van der Waals surface area contributed by atoms with Gasteiger partial charge in [0.05, 0.1) is 11.3 Å². The Kier molecular flexibility index (Phi) is 5.05. The first-order valence-electron chi connectivity index (χ1n) is 8.90. The van der Waals surface area contributed by atoms with Crippen LogP contribution in [0, 0.1) is 17.2 Å². The van der Waals surface area contributed by atoms with Gasteiger partial charge in [0, 0.05) is 0 Å². The lowest BCUT2D eigenvalue weighted by molar-refractivity contribution is -0.155. The first kappa shape index (κ1) is 19.4. The average Bonchev–Trinajstić information content (AvgIpc) is 3.48. The van der Waals surface area contributed by atoms with Gasteiger partial charge >= 0.3 is 12.0 Å². The highest BCUT2D eigenvalue weighted by atomic mass is 16.5. The van der Waals surface area contributed by atoms with E-state index in [4.69, 9.17) is 10.00 Å². The Labute approximate surface area is 161 Å². The number of nitrogens with one attached hydrogen (secondary N) is 2. The fraction of sp³-hybridized carbons (Fsp3) is 0.421. The molecule has 3 rings (SSSR count). The Morgan fingerprint density at radius 1 is 1.39 bits per heavy atom. The number of hydrogen-bond donors (Lipinski definition) is 2. The number of nitriles is 1. The minimum Gasteiger partial charge on any atom is -0.451 e. The molecule has 146 valence electrons. The van der Waals surface area contributed by atoms with Crippen molar-refractivity contribution in [3.05, 3.63) is 29.8 Å². The molecule has 1 aromatic carbocycles. The second-order valence-electron chi connectivity index (χ2n) is 7.08.